The van der Waals surface area contributed by atoms with Crippen molar-refractivity contribution >= 4 is 5.97 Å². The number of aliphatic hydroxyl groups excluding tert-OH is 3. The van der Waals surface area contributed by atoms with E-state index in [9.17, 15) is 25.2 Å². The number of unbranched alkanes of at least 4 members (excludes halogenated alkanes) is 1. The van der Waals surface area contributed by atoms with Crippen LogP contribution in [0.3, 0.4) is 0 Å². The highest BCUT2D eigenvalue weighted by Gasteiger charge is 2.40. The van der Waals surface area contributed by atoms with Gasteiger partial charge in [-0.15, -0.1) is 0 Å². The molecule has 0 amide bonds. The summed E-state index contributed by atoms with van der Waals surface area (Å²) in [6, 6.07) is 9.97. The van der Waals surface area contributed by atoms with E-state index < -0.39 is 30.2 Å². The number of benzene rings is 1. The van der Waals surface area contributed by atoms with E-state index >= 15 is 0 Å². The second kappa shape index (κ2) is 12.1. The number of carboxylic acids is 1. The Morgan fingerprint density at radius 1 is 1.14 bits per heavy atom. The van der Waals surface area contributed by atoms with Gasteiger partial charge in [-0.25, -0.2) is 0 Å². The van der Waals surface area contributed by atoms with Gasteiger partial charge in [0.15, 0.2) is 0 Å². The third kappa shape index (κ3) is 7.57. The van der Waals surface area contributed by atoms with Gasteiger partial charge in [0.05, 0.1) is 24.2 Å². The zero-order chi connectivity index (χ0) is 21.2. The highest BCUT2D eigenvalue weighted by Crippen LogP contribution is 2.38. The number of hydrogen-bond donors (Lipinski definition) is 4. The predicted molar refractivity (Wildman–Crippen MR) is 113 cm³/mol. The molecule has 1 fully saturated rings. The zero-order valence-electron chi connectivity index (χ0n) is 17.4. The standard InChI is InChI=1S/C24H36O5/c1-2-3-9-18(24(28)29)11-14-20-21(23(27)16-22(20)26)15-13-19(25)12-10-17-7-5-4-6-8-17/h4-8,13,15,18-23,25-27H,2-3,9-12,14,16H2,1H3,(H,28,29)/b15-13+/t18?,19-,20+,21-,22+,23+/m0/s1. The fraction of sp³-hybridized carbons (Fsp3) is 0.625. The van der Waals surface area contributed by atoms with Crippen molar-refractivity contribution in [2.75, 3.05) is 0 Å². The summed E-state index contributed by atoms with van der Waals surface area (Å²) >= 11 is 0. The molecule has 0 saturated heterocycles. The fourth-order valence-electron chi connectivity index (χ4n) is 4.32. The van der Waals surface area contributed by atoms with Gasteiger partial charge in [-0.2, -0.15) is 0 Å². The first-order valence-electron chi connectivity index (χ1n) is 10.9. The topological polar surface area (TPSA) is 98.0 Å². The largest absolute Gasteiger partial charge is 0.481 e. The van der Waals surface area contributed by atoms with Crippen LogP contribution in [0, 0.1) is 17.8 Å². The van der Waals surface area contributed by atoms with E-state index in [1.165, 1.54) is 5.56 Å². The summed E-state index contributed by atoms with van der Waals surface area (Å²) in [7, 11) is 0. The van der Waals surface area contributed by atoms with E-state index in [1.807, 2.05) is 43.3 Å². The van der Waals surface area contributed by atoms with Crippen molar-refractivity contribution in [1.82, 2.24) is 0 Å². The molecular formula is C24H36O5. The third-order valence-electron chi connectivity index (χ3n) is 6.15. The van der Waals surface area contributed by atoms with E-state index in [0.717, 1.165) is 19.3 Å². The van der Waals surface area contributed by atoms with Crippen LogP contribution < -0.4 is 0 Å². The quantitative estimate of drug-likeness (QED) is 0.399. The lowest BCUT2D eigenvalue weighted by Gasteiger charge is -2.23. The van der Waals surface area contributed by atoms with Crippen LogP contribution in [0.25, 0.3) is 0 Å². The molecular weight excluding hydrogens is 368 g/mol. The first kappa shape index (κ1) is 23.6. The second-order valence-corrected chi connectivity index (χ2v) is 8.34. The Labute approximate surface area is 174 Å². The minimum Gasteiger partial charge on any atom is -0.481 e. The van der Waals surface area contributed by atoms with Crippen molar-refractivity contribution in [2.45, 2.75) is 76.6 Å². The lowest BCUT2D eigenvalue weighted by atomic mass is 9.85. The highest BCUT2D eigenvalue weighted by atomic mass is 16.4. The van der Waals surface area contributed by atoms with E-state index in [1.54, 1.807) is 6.08 Å². The predicted octanol–water partition coefficient (Wildman–Crippen LogP) is 3.57. The Hall–Kier alpha value is -1.69. The smallest absolute Gasteiger partial charge is 0.306 e. The van der Waals surface area contributed by atoms with Crippen LogP contribution >= 0.6 is 0 Å². The Morgan fingerprint density at radius 2 is 1.86 bits per heavy atom. The van der Waals surface area contributed by atoms with E-state index in [4.69, 9.17) is 0 Å². The molecule has 6 atom stereocenters. The summed E-state index contributed by atoms with van der Waals surface area (Å²) in [5, 5.41) is 40.4. The lowest BCUT2D eigenvalue weighted by molar-refractivity contribution is -0.142. The average molecular weight is 405 g/mol. The van der Waals surface area contributed by atoms with E-state index in [0.29, 0.717) is 32.1 Å². The van der Waals surface area contributed by atoms with Crippen molar-refractivity contribution in [3.8, 4) is 0 Å². The van der Waals surface area contributed by atoms with Gasteiger partial charge in [0.2, 0.25) is 0 Å². The third-order valence-corrected chi connectivity index (χ3v) is 6.15. The molecule has 162 valence electrons. The molecule has 0 aromatic heterocycles. The Balaban J connectivity index is 1.90. The van der Waals surface area contributed by atoms with Gasteiger partial charge in [0, 0.05) is 12.3 Å². The molecule has 1 aliphatic rings. The number of aliphatic carboxylic acids is 1. The molecule has 0 radical (unpaired) electrons. The fourth-order valence-corrected chi connectivity index (χ4v) is 4.32. The molecule has 0 heterocycles. The molecule has 1 unspecified atom stereocenters. The van der Waals surface area contributed by atoms with Crippen LogP contribution in [0.5, 0.6) is 0 Å². The zero-order valence-corrected chi connectivity index (χ0v) is 17.4. The van der Waals surface area contributed by atoms with Crippen LogP contribution in [0.4, 0.5) is 0 Å². The molecule has 1 aromatic rings. The maximum absolute atomic E-state index is 11.5. The maximum atomic E-state index is 11.5. The monoisotopic (exact) mass is 404 g/mol. The van der Waals surface area contributed by atoms with Gasteiger partial charge in [-0.3, -0.25) is 4.79 Å². The van der Waals surface area contributed by atoms with Gasteiger partial charge in [0.25, 0.3) is 0 Å². The maximum Gasteiger partial charge on any atom is 0.306 e. The number of rotatable bonds is 12. The summed E-state index contributed by atoms with van der Waals surface area (Å²) in [5.41, 5.74) is 1.17. The van der Waals surface area contributed by atoms with Gasteiger partial charge < -0.3 is 20.4 Å². The van der Waals surface area contributed by atoms with Crippen molar-refractivity contribution in [3.63, 3.8) is 0 Å². The number of aryl methyl sites for hydroxylation is 1. The summed E-state index contributed by atoms with van der Waals surface area (Å²) in [4.78, 5) is 11.5. The molecule has 1 aliphatic carbocycles. The van der Waals surface area contributed by atoms with E-state index in [2.05, 4.69) is 0 Å². The van der Waals surface area contributed by atoms with Crippen LogP contribution in [-0.2, 0) is 11.2 Å². The number of carbonyl (C=O) groups is 1. The molecule has 4 N–H and O–H groups in total. The van der Waals surface area contributed by atoms with Crippen molar-refractivity contribution in [2.24, 2.45) is 17.8 Å². The van der Waals surface area contributed by atoms with Crippen molar-refractivity contribution in [1.29, 1.82) is 0 Å². The lowest BCUT2D eigenvalue weighted by Crippen LogP contribution is -2.23. The van der Waals surface area contributed by atoms with Gasteiger partial charge in [-0.1, -0.05) is 62.2 Å². The van der Waals surface area contributed by atoms with Crippen LogP contribution in [0.1, 0.15) is 57.4 Å². The minimum atomic E-state index is -0.782. The van der Waals surface area contributed by atoms with Gasteiger partial charge >= 0.3 is 5.97 Å². The van der Waals surface area contributed by atoms with Gasteiger partial charge in [0.1, 0.15) is 0 Å². The normalized spacial score (nSPS) is 26.6. The van der Waals surface area contributed by atoms with Crippen molar-refractivity contribution < 1.29 is 25.2 Å². The summed E-state index contributed by atoms with van der Waals surface area (Å²) in [6.07, 6.45) is 6.84. The molecule has 5 nitrogen and oxygen atoms in total. The Bertz CT molecular complexity index is 629. The highest BCUT2D eigenvalue weighted by molar-refractivity contribution is 5.69. The molecule has 1 saturated carbocycles. The Kier molecular flexibility index (Phi) is 9.85. The molecule has 0 aliphatic heterocycles. The number of aliphatic hydroxyl groups is 3. The van der Waals surface area contributed by atoms with Crippen LogP contribution in [0.15, 0.2) is 42.5 Å². The Morgan fingerprint density at radius 3 is 2.52 bits per heavy atom. The van der Waals surface area contributed by atoms with Crippen LogP contribution in [0.2, 0.25) is 0 Å². The van der Waals surface area contributed by atoms with Crippen LogP contribution in [-0.4, -0.2) is 44.7 Å². The molecule has 0 bridgehead atoms. The molecule has 5 heteroatoms. The van der Waals surface area contributed by atoms with Crippen molar-refractivity contribution in [3.05, 3.63) is 48.0 Å². The average Bonchev–Trinajstić information content (AvgIpc) is 2.97. The van der Waals surface area contributed by atoms with Gasteiger partial charge in [-0.05, 0) is 43.6 Å². The SMILES string of the molecule is CCCCC(CC[C@@H]1[C@H](/C=C/[C@@H](O)CCc2ccccc2)[C@H](O)C[C@H]1O)C(=O)O. The second-order valence-electron chi connectivity index (χ2n) is 8.34. The van der Waals surface area contributed by atoms with E-state index in [-0.39, 0.29) is 11.8 Å². The summed E-state index contributed by atoms with van der Waals surface area (Å²) < 4.78 is 0. The summed E-state index contributed by atoms with van der Waals surface area (Å²) in [6.45, 7) is 2.04. The molecule has 2 rings (SSSR count). The molecule has 29 heavy (non-hydrogen) atoms. The first-order valence-corrected chi connectivity index (χ1v) is 10.9. The summed E-state index contributed by atoms with van der Waals surface area (Å²) in [5.74, 6) is -1.61. The first-order chi connectivity index (χ1) is 13.9. The number of hydrogen-bond acceptors (Lipinski definition) is 4. The molecule has 0 spiro atoms. The minimum absolute atomic E-state index is 0.175. The number of carboxylic acid groups (broad SMARTS) is 1. The molecule has 1 aromatic carbocycles.